The summed E-state index contributed by atoms with van der Waals surface area (Å²) in [5.41, 5.74) is 18.6. The van der Waals surface area contributed by atoms with Crippen LogP contribution in [-0.4, -0.2) is 6.04 Å². The van der Waals surface area contributed by atoms with E-state index in [0.29, 0.717) is 0 Å². The van der Waals surface area contributed by atoms with Crippen LogP contribution in [0.2, 0.25) is 0 Å². The maximum Gasteiger partial charge on any atom is 0.0560 e. The number of hydrogen-bond acceptors (Lipinski definition) is 2. The molecular weight excluding hydrogens is 869 g/mol. The Morgan fingerprint density at radius 1 is 0.542 bits per heavy atom. The first-order valence-corrected chi connectivity index (χ1v) is 25.1. The second-order valence-electron chi connectivity index (χ2n) is 20.4. The number of rotatable bonds is 9. The quantitative estimate of drug-likeness (QED) is 0.133. The molecule has 11 rings (SSSR count). The normalized spacial score (nSPS) is 18.7. The largest absolute Gasteiger partial charge is 0.334 e. The molecule has 72 heavy (non-hydrogen) atoms. The van der Waals surface area contributed by atoms with Gasteiger partial charge in [-0.05, 0) is 137 Å². The molecule has 0 bridgehead atoms. The molecule has 0 amide bonds. The molecule has 3 aliphatic rings. The topological polar surface area (TPSA) is 6.48 Å². The van der Waals surface area contributed by atoms with E-state index < -0.39 is 0 Å². The molecule has 1 unspecified atom stereocenters. The van der Waals surface area contributed by atoms with Gasteiger partial charge in [0.15, 0.2) is 0 Å². The molecule has 8 aromatic rings. The van der Waals surface area contributed by atoms with E-state index in [-0.39, 0.29) is 16.9 Å². The first-order valence-electron chi connectivity index (χ1n) is 25.1. The lowest BCUT2D eigenvalue weighted by molar-refractivity contribution is 0.614. The Bertz CT molecular complexity index is 3670. The van der Waals surface area contributed by atoms with Crippen molar-refractivity contribution in [2.24, 2.45) is 0 Å². The lowest BCUT2D eigenvalue weighted by Crippen LogP contribution is -2.38. The number of benzene rings is 8. The van der Waals surface area contributed by atoms with E-state index in [0.717, 1.165) is 67.1 Å². The van der Waals surface area contributed by atoms with Gasteiger partial charge in [0.2, 0.25) is 0 Å². The second-order valence-corrected chi connectivity index (χ2v) is 20.4. The van der Waals surface area contributed by atoms with E-state index in [1.165, 1.54) is 55.8 Å². The van der Waals surface area contributed by atoms with Crippen molar-refractivity contribution in [1.82, 2.24) is 0 Å². The van der Waals surface area contributed by atoms with Crippen LogP contribution < -0.4 is 20.2 Å². The summed E-state index contributed by atoms with van der Waals surface area (Å²) in [5.74, 6) is 0. The number of hydrogen-bond donors (Lipinski definition) is 0. The van der Waals surface area contributed by atoms with E-state index in [9.17, 15) is 0 Å². The monoisotopic (exact) mass is 928 g/mol. The van der Waals surface area contributed by atoms with E-state index in [1.54, 1.807) is 0 Å². The van der Waals surface area contributed by atoms with Crippen LogP contribution in [0.4, 0.5) is 28.4 Å². The third kappa shape index (κ3) is 7.85. The van der Waals surface area contributed by atoms with Gasteiger partial charge in [0.05, 0.1) is 17.4 Å². The fourth-order valence-electron chi connectivity index (χ4n) is 11.5. The first-order chi connectivity index (χ1) is 34.9. The molecule has 2 aliphatic heterocycles. The van der Waals surface area contributed by atoms with Gasteiger partial charge in [-0.15, -0.1) is 0 Å². The van der Waals surface area contributed by atoms with Crippen molar-refractivity contribution in [3.63, 3.8) is 0 Å². The van der Waals surface area contributed by atoms with E-state index in [1.807, 2.05) is 18.2 Å². The smallest absolute Gasteiger partial charge is 0.0560 e. The zero-order valence-electron chi connectivity index (χ0n) is 41.9. The highest BCUT2D eigenvalue weighted by Gasteiger charge is 2.39. The summed E-state index contributed by atoms with van der Waals surface area (Å²) < 4.78 is 0. The zero-order chi connectivity index (χ0) is 49.7. The number of allylic oxidation sites excluding steroid dienone is 7. The predicted molar refractivity (Wildman–Crippen MR) is 309 cm³/mol. The molecule has 2 nitrogen and oxygen atoms in total. The Morgan fingerprint density at radius 3 is 1.74 bits per heavy atom. The molecule has 2 heterocycles. The fourth-order valence-corrected chi connectivity index (χ4v) is 11.5. The van der Waals surface area contributed by atoms with E-state index >= 15 is 0 Å². The summed E-state index contributed by atoms with van der Waals surface area (Å²) in [6, 6.07) is 66.4. The van der Waals surface area contributed by atoms with Crippen molar-refractivity contribution >= 4 is 62.0 Å². The third-order valence-electron chi connectivity index (χ3n) is 15.4. The Labute approximate surface area is 426 Å². The van der Waals surface area contributed by atoms with Crippen molar-refractivity contribution in [3.05, 3.63) is 305 Å². The summed E-state index contributed by atoms with van der Waals surface area (Å²) in [5, 5.41) is 4.60. The van der Waals surface area contributed by atoms with Crippen LogP contribution >= 0.6 is 0 Å². The summed E-state index contributed by atoms with van der Waals surface area (Å²) in [7, 11) is 0. The number of anilines is 5. The molecule has 0 radical (unpaired) electrons. The average Bonchev–Trinajstić information content (AvgIpc) is 3.41. The molecule has 0 N–H and O–H groups in total. The highest BCUT2D eigenvalue weighted by atomic mass is 15.2. The van der Waals surface area contributed by atoms with Gasteiger partial charge in [-0.2, -0.15) is 0 Å². The molecule has 1 aliphatic carbocycles. The van der Waals surface area contributed by atoms with Crippen molar-refractivity contribution < 1.29 is 0 Å². The van der Waals surface area contributed by atoms with Gasteiger partial charge in [-0.25, -0.2) is 0 Å². The summed E-state index contributed by atoms with van der Waals surface area (Å²) in [4.78, 5) is 5.02. The minimum Gasteiger partial charge on any atom is -0.334 e. The van der Waals surface area contributed by atoms with Gasteiger partial charge in [0, 0.05) is 27.9 Å². The predicted octanol–water partition coefficient (Wildman–Crippen LogP) is 16.7. The number of fused-ring (bicyclic) bond motifs is 6. The number of nitrogens with zero attached hydrogens (tertiary/aromatic N) is 2. The van der Waals surface area contributed by atoms with Crippen molar-refractivity contribution in [2.45, 2.75) is 51.0 Å². The SMILES string of the molecule is C=Cc1ccccc1C(=C)C(=C)/C=C\C(=C)C1=c2\ccc(N3c4ccccc4C(C)(C)c4ccccc43)c\c2=C(c2ccc3ccccc3c2)\C=C\CC(N2c3ccccc3C(C)(C)c3ccccc32)\C=C\1. The average molecular weight is 929 g/mol. The van der Waals surface area contributed by atoms with Crippen LogP contribution in [0.25, 0.3) is 33.6 Å². The van der Waals surface area contributed by atoms with Crippen LogP contribution in [0.5, 0.6) is 0 Å². The lowest BCUT2D eigenvalue weighted by atomic mass is 9.73. The fraction of sp³-hybridized carbons (Fsp3) is 0.114. The first kappa shape index (κ1) is 46.0. The summed E-state index contributed by atoms with van der Waals surface area (Å²) in [6.45, 7) is 27.4. The highest BCUT2D eigenvalue weighted by Crippen LogP contribution is 2.52. The molecule has 0 aromatic heterocycles. The molecule has 8 aromatic carbocycles. The maximum atomic E-state index is 4.88. The summed E-state index contributed by atoms with van der Waals surface area (Å²) in [6.07, 6.45) is 16.3. The Kier molecular flexibility index (Phi) is 11.7. The molecule has 0 spiro atoms. The lowest BCUT2D eigenvalue weighted by Gasteiger charge is -2.44. The van der Waals surface area contributed by atoms with Crippen LogP contribution in [0.15, 0.2) is 256 Å². The van der Waals surface area contributed by atoms with E-state index in [2.05, 4.69) is 264 Å². The third-order valence-corrected chi connectivity index (χ3v) is 15.4. The Hall–Kier alpha value is -8.46. The van der Waals surface area contributed by atoms with E-state index in [4.69, 9.17) is 6.58 Å². The standard InChI is InChI=1S/C70H60N2/c1-9-50-23-12-13-27-57(50)49(4)47(2)37-38-48(3)56-43-41-54(71-65-33-18-14-29-61(65)69(5,6)62-30-15-19-34-66(62)71)26-22-28-58(53-40-39-51-24-10-11-25-52(51)45-53)60-46-55(42-44-59(56)60)72-67-35-20-16-31-63(67)70(7,8)64-32-17-21-36-68(64)72/h9-25,27-46,54H,1-4,26H2,5-8H3/b28-22+,38-37-,43-41+,59-56+,60-58+. The van der Waals surface area contributed by atoms with Gasteiger partial charge in [0.1, 0.15) is 0 Å². The van der Waals surface area contributed by atoms with Gasteiger partial charge in [-0.1, -0.05) is 236 Å². The molecule has 1 atom stereocenters. The van der Waals surface area contributed by atoms with Crippen LogP contribution in [0.3, 0.4) is 0 Å². The maximum absolute atomic E-state index is 4.88. The Morgan fingerprint density at radius 2 is 1.10 bits per heavy atom. The minimum absolute atomic E-state index is 0.0417. The molecule has 0 saturated carbocycles. The van der Waals surface area contributed by atoms with Gasteiger partial charge >= 0.3 is 0 Å². The second kappa shape index (κ2) is 18.4. The van der Waals surface area contributed by atoms with Crippen LogP contribution in [0.1, 0.15) is 73.1 Å². The molecule has 350 valence electrons. The van der Waals surface area contributed by atoms with Crippen LogP contribution in [-0.2, 0) is 10.8 Å². The van der Waals surface area contributed by atoms with Crippen molar-refractivity contribution in [2.75, 3.05) is 9.80 Å². The molecule has 0 saturated heterocycles. The van der Waals surface area contributed by atoms with Crippen molar-refractivity contribution in [3.8, 4) is 0 Å². The van der Waals surface area contributed by atoms with Crippen molar-refractivity contribution in [1.29, 1.82) is 0 Å². The molecular formula is C70H60N2. The van der Waals surface area contributed by atoms with Gasteiger partial charge in [-0.3, -0.25) is 0 Å². The molecule has 0 fully saturated rings. The Balaban J connectivity index is 1.17. The summed E-state index contributed by atoms with van der Waals surface area (Å²) >= 11 is 0. The highest BCUT2D eigenvalue weighted by molar-refractivity contribution is 5.91. The van der Waals surface area contributed by atoms with Gasteiger partial charge < -0.3 is 9.80 Å². The van der Waals surface area contributed by atoms with Gasteiger partial charge in [0.25, 0.3) is 0 Å². The number of para-hydroxylation sites is 4. The minimum atomic E-state index is -0.185. The zero-order valence-corrected chi connectivity index (χ0v) is 41.9. The molecule has 2 heteroatoms. The van der Waals surface area contributed by atoms with Crippen LogP contribution in [0, 0.1) is 0 Å².